The lowest BCUT2D eigenvalue weighted by molar-refractivity contribution is 0.208. The second kappa shape index (κ2) is 2.01. The van der Waals surface area contributed by atoms with Crippen molar-refractivity contribution in [3.8, 4) is 0 Å². The van der Waals surface area contributed by atoms with Crippen LogP contribution in [0.25, 0.3) is 0 Å². The van der Waals surface area contributed by atoms with Crippen molar-refractivity contribution in [2.45, 2.75) is 12.0 Å². The van der Waals surface area contributed by atoms with E-state index < -0.39 is 0 Å². The summed E-state index contributed by atoms with van der Waals surface area (Å²) in [6.07, 6.45) is 0.837. The molecule has 3 nitrogen and oxygen atoms in total. The molecule has 1 aliphatic rings. The number of hydrogen-bond donors (Lipinski definition) is 2. The van der Waals surface area contributed by atoms with Gasteiger partial charge in [0, 0.05) is 13.1 Å². The van der Waals surface area contributed by atoms with E-state index in [1.54, 1.807) is 0 Å². The summed E-state index contributed by atoms with van der Waals surface area (Å²) >= 11 is 0. The van der Waals surface area contributed by atoms with Crippen LogP contribution in [-0.4, -0.2) is 30.3 Å². The first-order valence-corrected chi connectivity index (χ1v) is 2.80. The lowest BCUT2D eigenvalue weighted by Gasteiger charge is -2.17. The van der Waals surface area contributed by atoms with Gasteiger partial charge in [0.05, 0.1) is 12.1 Å². The maximum Gasteiger partial charge on any atom is 0.0624 e. The van der Waals surface area contributed by atoms with E-state index in [1.807, 2.05) is 0 Å². The fraction of sp³-hybridized carbons (Fsp3) is 1.00. The van der Waals surface area contributed by atoms with Crippen LogP contribution in [0, 0.1) is 0 Å². The second-order valence-corrected chi connectivity index (χ2v) is 2.38. The number of aliphatic hydroxyl groups excluding tert-OH is 1. The van der Waals surface area contributed by atoms with Gasteiger partial charge in [-0.25, -0.2) is 5.32 Å². The zero-order chi connectivity index (χ0) is 6.04. The SMILES string of the molecule is NC1(CO)CC[N]C1. The largest absolute Gasteiger partial charge is 0.394 e. The highest BCUT2D eigenvalue weighted by Crippen LogP contribution is 2.09. The summed E-state index contributed by atoms with van der Waals surface area (Å²) < 4.78 is 0. The Morgan fingerprint density at radius 3 is 2.75 bits per heavy atom. The van der Waals surface area contributed by atoms with Crippen molar-refractivity contribution in [1.82, 2.24) is 5.32 Å². The summed E-state index contributed by atoms with van der Waals surface area (Å²) in [6, 6.07) is 0. The Kier molecular flexibility index (Phi) is 1.51. The summed E-state index contributed by atoms with van der Waals surface area (Å²) in [5.74, 6) is 0. The van der Waals surface area contributed by atoms with Gasteiger partial charge >= 0.3 is 0 Å². The van der Waals surface area contributed by atoms with E-state index >= 15 is 0 Å². The van der Waals surface area contributed by atoms with Crippen LogP contribution in [0.4, 0.5) is 0 Å². The lowest BCUT2D eigenvalue weighted by atomic mass is 10.0. The average molecular weight is 115 g/mol. The molecule has 0 aromatic carbocycles. The normalized spacial score (nSPS) is 38.2. The number of aliphatic hydroxyl groups is 1. The third kappa shape index (κ3) is 0.992. The summed E-state index contributed by atoms with van der Waals surface area (Å²) in [5, 5.41) is 12.7. The highest BCUT2D eigenvalue weighted by atomic mass is 16.3. The Hall–Kier alpha value is -0.120. The summed E-state index contributed by atoms with van der Waals surface area (Å²) in [7, 11) is 0. The Labute approximate surface area is 48.9 Å². The first kappa shape index (κ1) is 6.01. The van der Waals surface area contributed by atoms with Crippen molar-refractivity contribution >= 4 is 0 Å². The van der Waals surface area contributed by atoms with Gasteiger partial charge in [-0.1, -0.05) is 0 Å². The molecule has 1 heterocycles. The summed E-state index contributed by atoms with van der Waals surface area (Å²) in [5.41, 5.74) is 5.24. The van der Waals surface area contributed by atoms with Gasteiger partial charge in [-0.3, -0.25) is 0 Å². The first-order chi connectivity index (χ1) is 3.77. The maximum absolute atomic E-state index is 8.64. The number of rotatable bonds is 1. The summed E-state index contributed by atoms with van der Waals surface area (Å²) in [6.45, 7) is 1.51. The molecule has 1 atom stereocenters. The molecule has 1 saturated heterocycles. The van der Waals surface area contributed by atoms with Crippen LogP contribution in [0.5, 0.6) is 0 Å². The molecule has 1 aliphatic heterocycles. The van der Waals surface area contributed by atoms with Crippen molar-refractivity contribution in [1.29, 1.82) is 0 Å². The highest BCUT2D eigenvalue weighted by Gasteiger charge is 2.28. The molecule has 1 radical (unpaired) electrons. The topological polar surface area (TPSA) is 60.4 Å². The third-order valence-corrected chi connectivity index (χ3v) is 1.51. The van der Waals surface area contributed by atoms with Gasteiger partial charge < -0.3 is 10.8 Å². The van der Waals surface area contributed by atoms with Gasteiger partial charge in [0.15, 0.2) is 0 Å². The number of nitrogens with two attached hydrogens (primary N) is 1. The molecule has 0 spiro atoms. The van der Waals surface area contributed by atoms with Crippen LogP contribution in [0.1, 0.15) is 6.42 Å². The molecule has 0 amide bonds. The van der Waals surface area contributed by atoms with E-state index in [9.17, 15) is 0 Å². The lowest BCUT2D eigenvalue weighted by Crippen LogP contribution is -2.44. The second-order valence-electron chi connectivity index (χ2n) is 2.38. The molecule has 1 unspecified atom stereocenters. The van der Waals surface area contributed by atoms with Crippen LogP contribution in [0.15, 0.2) is 0 Å². The minimum absolute atomic E-state index is 0.0660. The Morgan fingerprint density at radius 2 is 2.50 bits per heavy atom. The van der Waals surface area contributed by atoms with Crippen LogP contribution >= 0.6 is 0 Å². The van der Waals surface area contributed by atoms with E-state index in [0.29, 0.717) is 6.54 Å². The molecule has 3 heteroatoms. The van der Waals surface area contributed by atoms with Crippen molar-refractivity contribution in [3.63, 3.8) is 0 Å². The third-order valence-electron chi connectivity index (χ3n) is 1.51. The van der Waals surface area contributed by atoms with Crippen molar-refractivity contribution in [2.75, 3.05) is 19.7 Å². The molecule has 0 saturated carbocycles. The zero-order valence-corrected chi connectivity index (χ0v) is 4.80. The van der Waals surface area contributed by atoms with Crippen LogP contribution in [-0.2, 0) is 0 Å². The Bertz CT molecular complexity index is 78.5. The fourth-order valence-electron chi connectivity index (χ4n) is 0.812. The molecule has 0 aliphatic carbocycles. The van der Waals surface area contributed by atoms with Gasteiger partial charge in [-0.2, -0.15) is 0 Å². The minimum atomic E-state index is -0.375. The van der Waals surface area contributed by atoms with E-state index in [1.165, 1.54) is 0 Å². The van der Waals surface area contributed by atoms with Crippen molar-refractivity contribution < 1.29 is 5.11 Å². The predicted molar refractivity (Wildman–Crippen MR) is 30.5 cm³/mol. The van der Waals surface area contributed by atoms with Crippen molar-refractivity contribution in [2.24, 2.45) is 5.73 Å². The standard InChI is InChI=1S/C5H11N2O/c6-5(4-8)1-2-7-3-5/h8H,1-4,6H2. The van der Waals surface area contributed by atoms with Gasteiger partial charge in [-0.05, 0) is 6.42 Å². The van der Waals surface area contributed by atoms with E-state index in [-0.39, 0.29) is 12.1 Å². The van der Waals surface area contributed by atoms with E-state index in [2.05, 4.69) is 5.32 Å². The first-order valence-electron chi connectivity index (χ1n) is 2.80. The van der Waals surface area contributed by atoms with Gasteiger partial charge in [0.1, 0.15) is 0 Å². The molecule has 1 rings (SSSR count). The maximum atomic E-state index is 8.64. The highest BCUT2D eigenvalue weighted by molar-refractivity contribution is 4.91. The molecule has 0 aromatic rings. The molecule has 8 heavy (non-hydrogen) atoms. The monoisotopic (exact) mass is 115 g/mol. The zero-order valence-electron chi connectivity index (χ0n) is 4.80. The molecule has 1 fully saturated rings. The molecule has 0 aromatic heterocycles. The van der Waals surface area contributed by atoms with Crippen LogP contribution < -0.4 is 11.1 Å². The van der Waals surface area contributed by atoms with Crippen LogP contribution in [0.2, 0.25) is 0 Å². The van der Waals surface area contributed by atoms with Gasteiger partial charge in [0.2, 0.25) is 0 Å². The van der Waals surface area contributed by atoms with Crippen molar-refractivity contribution in [3.05, 3.63) is 0 Å². The van der Waals surface area contributed by atoms with E-state index in [4.69, 9.17) is 10.8 Å². The molecular formula is C5H11N2O. The fourth-order valence-corrected chi connectivity index (χ4v) is 0.812. The minimum Gasteiger partial charge on any atom is -0.394 e. The molecule has 47 valence electrons. The average Bonchev–Trinajstić information content (AvgIpc) is 2.17. The smallest absolute Gasteiger partial charge is 0.0624 e. The van der Waals surface area contributed by atoms with Gasteiger partial charge in [-0.15, -0.1) is 0 Å². The van der Waals surface area contributed by atoms with Gasteiger partial charge in [0.25, 0.3) is 0 Å². The predicted octanol–water partition coefficient (Wildman–Crippen LogP) is -1.32. The number of hydrogen-bond acceptors (Lipinski definition) is 2. The Balaban J connectivity index is 2.40. The summed E-state index contributed by atoms with van der Waals surface area (Å²) in [4.78, 5) is 0. The van der Waals surface area contributed by atoms with E-state index in [0.717, 1.165) is 13.0 Å². The number of nitrogens with zero attached hydrogens (tertiary/aromatic N) is 1. The quantitative estimate of drug-likeness (QED) is 0.445. The molecular weight excluding hydrogens is 104 g/mol. The Morgan fingerprint density at radius 1 is 1.75 bits per heavy atom. The molecule has 3 N–H and O–H groups in total. The molecule has 0 bridgehead atoms. The van der Waals surface area contributed by atoms with Crippen LogP contribution in [0.3, 0.4) is 0 Å².